The van der Waals surface area contributed by atoms with E-state index in [0.717, 1.165) is 21.5 Å². The summed E-state index contributed by atoms with van der Waals surface area (Å²) < 4.78 is 17.7. The fourth-order valence-electron chi connectivity index (χ4n) is 4.57. The van der Waals surface area contributed by atoms with Crippen LogP contribution in [0.5, 0.6) is 17.2 Å². The van der Waals surface area contributed by atoms with Gasteiger partial charge in [-0.25, -0.2) is 4.79 Å². The minimum atomic E-state index is -0.664. The molecule has 0 aliphatic rings. The molecule has 0 aliphatic heterocycles. The van der Waals surface area contributed by atoms with Gasteiger partial charge in [-0.2, -0.15) is 0 Å². The van der Waals surface area contributed by atoms with E-state index in [1.807, 2.05) is 82.3 Å². The number of fused-ring (bicyclic) bond motifs is 2. The van der Waals surface area contributed by atoms with E-state index in [2.05, 4.69) is 5.32 Å². The second-order valence-electron chi connectivity index (χ2n) is 9.86. The molecule has 5 N–H and O–H groups in total. The fraction of sp³-hybridized carbons (Fsp3) is 0.263. The Bertz CT molecular complexity index is 1780. The van der Waals surface area contributed by atoms with Crippen LogP contribution in [-0.4, -0.2) is 38.2 Å². The number of esters is 1. The SMILES string of the molecule is CC.CC.NCCCOc1cc2ccccc2cc1C(=O)Nc1ccc(Cl)cc1OC(=O)c1cc2ccccc2cc1OCCCN. The highest BCUT2D eigenvalue weighted by molar-refractivity contribution is 6.31. The highest BCUT2D eigenvalue weighted by Crippen LogP contribution is 2.34. The number of ether oxygens (including phenoxy) is 3. The van der Waals surface area contributed by atoms with Gasteiger partial charge >= 0.3 is 5.97 Å². The molecule has 0 heterocycles. The number of hydrogen-bond donors (Lipinski definition) is 3. The topological polar surface area (TPSA) is 126 Å². The van der Waals surface area contributed by atoms with Crippen LogP contribution in [-0.2, 0) is 0 Å². The molecule has 5 aromatic carbocycles. The molecule has 0 aliphatic carbocycles. The Morgan fingerprint density at radius 3 is 1.62 bits per heavy atom. The third-order valence-electron chi connectivity index (χ3n) is 6.77. The lowest BCUT2D eigenvalue weighted by Gasteiger charge is -2.16. The van der Waals surface area contributed by atoms with Gasteiger partial charge in [0, 0.05) is 11.1 Å². The van der Waals surface area contributed by atoms with E-state index in [1.165, 1.54) is 6.07 Å². The molecule has 0 saturated carbocycles. The first kappa shape index (κ1) is 36.8. The van der Waals surface area contributed by atoms with E-state index in [4.69, 9.17) is 37.3 Å². The van der Waals surface area contributed by atoms with Crippen LogP contribution in [0.2, 0.25) is 5.02 Å². The van der Waals surface area contributed by atoms with Crippen molar-refractivity contribution in [1.82, 2.24) is 0 Å². The molecule has 0 radical (unpaired) electrons. The summed E-state index contributed by atoms with van der Waals surface area (Å²) in [5, 5.41) is 6.77. The summed E-state index contributed by atoms with van der Waals surface area (Å²) in [6, 6.07) is 27.1. The van der Waals surface area contributed by atoms with Crippen LogP contribution in [0.3, 0.4) is 0 Å². The van der Waals surface area contributed by atoms with Gasteiger partial charge in [0.1, 0.15) is 17.1 Å². The number of nitrogens with two attached hydrogens (primary N) is 2. The van der Waals surface area contributed by atoms with Gasteiger partial charge in [0.15, 0.2) is 5.75 Å². The minimum absolute atomic E-state index is 0.0818. The molecular formula is C38H44ClN3O5. The van der Waals surface area contributed by atoms with Crippen molar-refractivity contribution in [2.75, 3.05) is 31.6 Å². The molecule has 5 aromatic rings. The standard InChI is InChI=1S/C34H32ClN3O5.2C2H6/c35-26-11-12-29(38-33(39)27-17-22-7-1-3-9-24(22)19-30(27)41-15-5-13-36)32(21-26)43-34(40)28-18-23-8-2-4-10-25(23)20-31(28)42-16-6-14-37;2*1-2/h1-4,7-12,17-21H,5-6,13-16,36-37H2,(H,38,39);2*1-2H3. The third kappa shape index (κ3) is 9.93. The van der Waals surface area contributed by atoms with E-state index in [-0.39, 0.29) is 17.0 Å². The van der Waals surface area contributed by atoms with Crippen molar-refractivity contribution in [2.45, 2.75) is 40.5 Å². The second kappa shape index (κ2) is 19.1. The molecule has 0 atom stereocenters. The Kier molecular flexibility index (Phi) is 15.0. The van der Waals surface area contributed by atoms with Crippen LogP contribution in [0.1, 0.15) is 61.3 Å². The van der Waals surface area contributed by atoms with Crippen LogP contribution in [0, 0.1) is 0 Å². The predicted octanol–water partition coefficient (Wildman–Crippen LogP) is 8.63. The van der Waals surface area contributed by atoms with Crippen LogP contribution in [0.4, 0.5) is 5.69 Å². The van der Waals surface area contributed by atoms with Gasteiger partial charge in [0.05, 0.1) is 24.5 Å². The quantitative estimate of drug-likeness (QED) is 0.0696. The molecule has 47 heavy (non-hydrogen) atoms. The van der Waals surface area contributed by atoms with Crippen LogP contribution >= 0.6 is 11.6 Å². The third-order valence-corrected chi connectivity index (χ3v) is 7.00. The highest BCUT2D eigenvalue weighted by Gasteiger charge is 2.21. The van der Waals surface area contributed by atoms with Gasteiger partial charge in [-0.05, 0) is 83.9 Å². The van der Waals surface area contributed by atoms with E-state index in [0.29, 0.717) is 61.2 Å². The Morgan fingerprint density at radius 1 is 0.638 bits per heavy atom. The zero-order valence-electron chi connectivity index (χ0n) is 27.5. The first-order valence-electron chi connectivity index (χ1n) is 16.0. The Balaban J connectivity index is 0.00000144. The maximum absolute atomic E-state index is 13.6. The normalized spacial score (nSPS) is 10.3. The van der Waals surface area contributed by atoms with Gasteiger partial charge in [0.2, 0.25) is 0 Å². The molecule has 0 spiro atoms. The summed E-state index contributed by atoms with van der Waals surface area (Å²) in [5.74, 6) is -0.224. The van der Waals surface area contributed by atoms with Crippen molar-refractivity contribution in [3.05, 3.63) is 107 Å². The number of benzene rings is 5. The first-order valence-corrected chi connectivity index (χ1v) is 16.4. The molecule has 0 unspecified atom stereocenters. The number of rotatable bonds is 12. The summed E-state index contributed by atoms with van der Waals surface area (Å²) in [4.78, 5) is 27.2. The maximum Gasteiger partial charge on any atom is 0.347 e. The molecular weight excluding hydrogens is 614 g/mol. The molecule has 0 saturated heterocycles. The highest BCUT2D eigenvalue weighted by atomic mass is 35.5. The van der Waals surface area contributed by atoms with Gasteiger partial charge in [0.25, 0.3) is 5.91 Å². The molecule has 1 amide bonds. The van der Waals surface area contributed by atoms with Crippen LogP contribution < -0.4 is 31.0 Å². The molecule has 5 rings (SSSR count). The van der Waals surface area contributed by atoms with E-state index in [1.54, 1.807) is 30.3 Å². The molecule has 9 heteroatoms. The first-order chi connectivity index (χ1) is 23.0. The zero-order valence-corrected chi connectivity index (χ0v) is 28.2. The number of amides is 1. The lowest BCUT2D eigenvalue weighted by molar-refractivity contribution is 0.0730. The monoisotopic (exact) mass is 657 g/mol. The van der Waals surface area contributed by atoms with Crippen molar-refractivity contribution in [3.63, 3.8) is 0 Å². The fourth-order valence-corrected chi connectivity index (χ4v) is 4.74. The lowest BCUT2D eigenvalue weighted by atomic mass is 10.0. The Morgan fingerprint density at radius 2 is 1.11 bits per heavy atom. The smallest absolute Gasteiger partial charge is 0.347 e. The van der Waals surface area contributed by atoms with Crippen LogP contribution in [0.25, 0.3) is 21.5 Å². The van der Waals surface area contributed by atoms with Gasteiger partial charge in [-0.3, -0.25) is 4.79 Å². The Hall–Kier alpha value is -4.63. The van der Waals surface area contributed by atoms with E-state index < -0.39 is 11.9 Å². The van der Waals surface area contributed by atoms with E-state index in [9.17, 15) is 9.59 Å². The van der Waals surface area contributed by atoms with Crippen molar-refractivity contribution >= 4 is 50.7 Å². The van der Waals surface area contributed by atoms with Crippen molar-refractivity contribution in [3.8, 4) is 17.2 Å². The summed E-state index contributed by atoms with van der Waals surface area (Å²) in [7, 11) is 0. The molecule has 248 valence electrons. The largest absolute Gasteiger partial charge is 0.493 e. The van der Waals surface area contributed by atoms with Crippen molar-refractivity contribution in [2.24, 2.45) is 11.5 Å². The number of carbonyl (C=O) groups is 2. The molecule has 0 bridgehead atoms. The lowest BCUT2D eigenvalue weighted by Crippen LogP contribution is -2.17. The average Bonchev–Trinajstić information content (AvgIpc) is 3.10. The molecule has 8 nitrogen and oxygen atoms in total. The van der Waals surface area contributed by atoms with Crippen LogP contribution in [0.15, 0.2) is 91.0 Å². The van der Waals surface area contributed by atoms with Gasteiger partial charge in [-0.1, -0.05) is 87.8 Å². The molecule has 0 fully saturated rings. The minimum Gasteiger partial charge on any atom is -0.493 e. The number of carbonyl (C=O) groups excluding carboxylic acids is 2. The number of nitrogens with one attached hydrogen (secondary N) is 1. The molecule has 0 aromatic heterocycles. The number of halogens is 1. The number of anilines is 1. The zero-order chi connectivity index (χ0) is 34.2. The van der Waals surface area contributed by atoms with Crippen molar-refractivity contribution < 1.29 is 23.8 Å². The van der Waals surface area contributed by atoms with Gasteiger partial charge < -0.3 is 31.0 Å². The summed E-state index contributed by atoms with van der Waals surface area (Å²) in [6.45, 7) is 9.62. The van der Waals surface area contributed by atoms with Gasteiger partial charge in [-0.15, -0.1) is 0 Å². The average molecular weight is 658 g/mol. The number of hydrogen-bond acceptors (Lipinski definition) is 7. The van der Waals surface area contributed by atoms with Crippen molar-refractivity contribution in [1.29, 1.82) is 0 Å². The summed E-state index contributed by atoms with van der Waals surface area (Å²) >= 11 is 6.28. The summed E-state index contributed by atoms with van der Waals surface area (Å²) in [6.07, 6.45) is 1.26. The predicted molar refractivity (Wildman–Crippen MR) is 193 cm³/mol. The second-order valence-corrected chi connectivity index (χ2v) is 10.3. The van der Waals surface area contributed by atoms with E-state index >= 15 is 0 Å². The Labute approximate surface area is 281 Å². The summed E-state index contributed by atoms with van der Waals surface area (Å²) in [5.41, 5.74) is 12.1. The maximum atomic E-state index is 13.6.